The number of carbonyl (C=O) groups is 1. The molecular weight excluding hydrogens is 432 g/mol. The van der Waals surface area contributed by atoms with E-state index in [-0.39, 0.29) is 41.7 Å². The highest BCUT2D eigenvalue weighted by molar-refractivity contribution is 5.97. The molecular formula is C28H34O6. The van der Waals surface area contributed by atoms with Gasteiger partial charge in [-0.3, -0.25) is 4.79 Å². The SMILES string of the molecule is CC(c1ccc2c(c1)CCC1C2C2OC2C2(O)CC=CC(=O)C12C)C1COC(O)C2(C)OC12C. The first-order chi connectivity index (χ1) is 16.1. The number of carbonyl (C=O) groups excluding carboxylic acids is 1. The normalized spacial score (nSPS) is 53.1. The van der Waals surface area contributed by atoms with Gasteiger partial charge in [-0.1, -0.05) is 31.2 Å². The largest absolute Gasteiger partial charge is 0.386 e. The fourth-order valence-corrected chi connectivity index (χ4v) is 8.37. The first-order valence-electron chi connectivity index (χ1n) is 12.8. The molecule has 6 aliphatic rings. The van der Waals surface area contributed by atoms with E-state index in [0.29, 0.717) is 13.0 Å². The second kappa shape index (κ2) is 6.40. The Kier molecular flexibility index (Phi) is 4.08. The first kappa shape index (κ1) is 21.7. The second-order valence-corrected chi connectivity index (χ2v) is 12.1. The van der Waals surface area contributed by atoms with Crippen LogP contribution in [0.4, 0.5) is 0 Å². The van der Waals surface area contributed by atoms with Crippen LogP contribution in [0, 0.1) is 17.3 Å². The maximum Gasteiger partial charge on any atom is 0.186 e. The minimum absolute atomic E-state index is 0.0163. The molecule has 3 saturated heterocycles. The zero-order chi connectivity index (χ0) is 23.8. The summed E-state index contributed by atoms with van der Waals surface area (Å²) < 4.78 is 17.9. The number of allylic oxidation sites excluding steroid dienone is 1. The Balaban J connectivity index is 1.22. The van der Waals surface area contributed by atoms with Crippen LogP contribution in [0.2, 0.25) is 0 Å². The molecule has 0 aromatic heterocycles. The third kappa shape index (κ3) is 2.33. The predicted octanol–water partition coefficient (Wildman–Crippen LogP) is 3.00. The van der Waals surface area contributed by atoms with Crippen molar-refractivity contribution in [3.05, 3.63) is 47.0 Å². The van der Waals surface area contributed by atoms with E-state index in [4.69, 9.17) is 14.2 Å². The summed E-state index contributed by atoms with van der Waals surface area (Å²) in [5.74, 6) is 0.619. The number of fused-ring (bicyclic) bond motifs is 9. The van der Waals surface area contributed by atoms with Gasteiger partial charge >= 0.3 is 0 Å². The monoisotopic (exact) mass is 466 g/mol. The molecule has 2 N–H and O–H groups in total. The molecule has 1 aromatic rings. The number of epoxide rings is 2. The van der Waals surface area contributed by atoms with Crippen molar-refractivity contribution in [2.24, 2.45) is 17.3 Å². The van der Waals surface area contributed by atoms with Crippen molar-refractivity contribution in [2.75, 3.05) is 6.61 Å². The van der Waals surface area contributed by atoms with Gasteiger partial charge < -0.3 is 24.4 Å². The number of hydrogen-bond acceptors (Lipinski definition) is 6. The van der Waals surface area contributed by atoms with E-state index in [9.17, 15) is 15.0 Å². The number of ether oxygens (including phenoxy) is 3. The van der Waals surface area contributed by atoms with Crippen molar-refractivity contribution in [1.82, 2.24) is 0 Å². The molecule has 7 rings (SSSR count). The molecule has 0 radical (unpaired) electrons. The van der Waals surface area contributed by atoms with Crippen LogP contribution in [0.3, 0.4) is 0 Å². The number of benzene rings is 1. The zero-order valence-electron chi connectivity index (χ0n) is 20.3. The Bertz CT molecular complexity index is 1130. The second-order valence-electron chi connectivity index (χ2n) is 12.1. The number of hydrogen-bond donors (Lipinski definition) is 2. The predicted molar refractivity (Wildman–Crippen MR) is 123 cm³/mol. The Morgan fingerprint density at radius 2 is 1.97 bits per heavy atom. The standard InChI is InChI=1S/C28H34O6/c1-14(19-13-32-24(30)27(4)26(19,3)34-27)15-7-9-17-16(12-15)8-10-18-21(17)22-23(33-22)28(31)11-5-6-20(29)25(18,28)2/h5-7,9,12,14,18-19,21-24,30-31H,8,10-11,13H2,1-4H3. The summed E-state index contributed by atoms with van der Waals surface area (Å²) in [7, 11) is 0. The summed E-state index contributed by atoms with van der Waals surface area (Å²) in [6.45, 7) is 8.69. The maximum atomic E-state index is 13.2. The number of aryl methyl sites for hydroxylation is 1. The lowest BCUT2D eigenvalue weighted by molar-refractivity contribution is -0.164. The molecule has 0 bridgehead atoms. The van der Waals surface area contributed by atoms with Crippen molar-refractivity contribution in [1.29, 1.82) is 0 Å². The first-order valence-corrected chi connectivity index (χ1v) is 12.8. The topological polar surface area (TPSA) is 91.8 Å². The molecule has 11 unspecified atom stereocenters. The number of ketones is 1. The third-order valence-electron chi connectivity index (χ3n) is 11.0. The van der Waals surface area contributed by atoms with E-state index in [1.807, 2.05) is 19.9 Å². The molecule has 182 valence electrons. The van der Waals surface area contributed by atoms with Crippen LogP contribution in [0.15, 0.2) is 30.4 Å². The minimum atomic E-state index is -1.10. The van der Waals surface area contributed by atoms with E-state index in [1.165, 1.54) is 16.7 Å². The lowest BCUT2D eigenvalue weighted by Crippen LogP contribution is -2.65. The summed E-state index contributed by atoms with van der Waals surface area (Å²) >= 11 is 0. The van der Waals surface area contributed by atoms with E-state index >= 15 is 0 Å². The number of rotatable bonds is 2. The Labute approximate surface area is 200 Å². The van der Waals surface area contributed by atoms with E-state index in [1.54, 1.807) is 6.08 Å². The Morgan fingerprint density at radius 1 is 1.18 bits per heavy atom. The quantitative estimate of drug-likeness (QED) is 0.651. The van der Waals surface area contributed by atoms with Crippen molar-refractivity contribution in [3.63, 3.8) is 0 Å². The highest BCUT2D eigenvalue weighted by Gasteiger charge is 2.76. The average molecular weight is 467 g/mol. The maximum absolute atomic E-state index is 13.2. The molecule has 34 heavy (non-hydrogen) atoms. The van der Waals surface area contributed by atoms with Crippen LogP contribution in [0.25, 0.3) is 0 Å². The molecule has 3 aliphatic carbocycles. The van der Waals surface area contributed by atoms with Crippen LogP contribution >= 0.6 is 0 Å². The van der Waals surface area contributed by atoms with Crippen LogP contribution in [-0.4, -0.2) is 57.9 Å². The van der Waals surface area contributed by atoms with E-state index in [2.05, 4.69) is 32.0 Å². The van der Waals surface area contributed by atoms with Crippen molar-refractivity contribution in [3.8, 4) is 0 Å². The highest BCUT2D eigenvalue weighted by Crippen LogP contribution is 2.66. The average Bonchev–Trinajstić information content (AvgIpc) is 3.71. The van der Waals surface area contributed by atoms with Crippen LogP contribution < -0.4 is 0 Å². The molecule has 0 amide bonds. The van der Waals surface area contributed by atoms with Crippen LogP contribution in [-0.2, 0) is 25.4 Å². The molecule has 6 nitrogen and oxygen atoms in total. The summed E-state index contributed by atoms with van der Waals surface area (Å²) in [6.07, 6.45) is 4.57. The lowest BCUT2D eigenvalue weighted by atomic mass is 9.48. The Hall–Kier alpha value is -1.57. The molecule has 4 fully saturated rings. The molecule has 3 aliphatic heterocycles. The van der Waals surface area contributed by atoms with E-state index in [0.717, 1.165) is 12.8 Å². The molecule has 6 heteroatoms. The summed E-state index contributed by atoms with van der Waals surface area (Å²) in [4.78, 5) is 13.2. The van der Waals surface area contributed by atoms with Gasteiger partial charge in [-0.25, -0.2) is 0 Å². The molecule has 3 heterocycles. The van der Waals surface area contributed by atoms with Crippen molar-refractivity contribution in [2.45, 2.75) is 94.1 Å². The van der Waals surface area contributed by atoms with Gasteiger partial charge in [0.2, 0.25) is 0 Å². The summed E-state index contributed by atoms with van der Waals surface area (Å²) in [5.41, 5.74) is 0.917. The number of aliphatic hydroxyl groups excluding tert-OH is 1. The summed E-state index contributed by atoms with van der Waals surface area (Å²) in [5, 5.41) is 21.9. The van der Waals surface area contributed by atoms with Crippen molar-refractivity contribution >= 4 is 5.78 Å². The molecule has 11 atom stereocenters. The van der Waals surface area contributed by atoms with Gasteiger partial charge in [-0.15, -0.1) is 0 Å². The minimum Gasteiger partial charge on any atom is -0.386 e. The van der Waals surface area contributed by atoms with Crippen molar-refractivity contribution < 1.29 is 29.2 Å². The van der Waals surface area contributed by atoms with Gasteiger partial charge in [-0.2, -0.15) is 0 Å². The highest BCUT2D eigenvalue weighted by atomic mass is 16.7. The lowest BCUT2D eigenvalue weighted by Gasteiger charge is -2.55. The van der Waals surface area contributed by atoms with Gasteiger partial charge in [0.15, 0.2) is 12.1 Å². The van der Waals surface area contributed by atoms with Gasteiger partial charge in [-0.05, 0) is 74.6 Å². The van der Waals surface area contributed by atoms with Gasteiger partial charge in [0, 0.05) is 11.8 Å². The van der Waals surface area contributed by atoms with Gasteiger partial charge in [0.05, 0.1) is 18.1 Å². The van der Waals surface area contributed by atoms with Gasteiger partial charge in [0.1, 0.15) is 22.9 Å². The fraction of sp³-hybridized carbons (Fsp3) is 0.679. The molecule has 1 aromatic carbocycles. The van der Waals surface area contributed by atoms with Crippen LogP contribution in [0.1, 0.15) is 69.1 Å². The fourth-order valence-electron chi connectivity index (χ4n) is 8.37. The zero-order valence-corrected chi connectivity index (χ0v) is 20.3. The Morgan fingerprint density at radius 3 is 2.76 bits per heavy atom. The number of aliphatic hydroxyl groups is 2. The summed E-state index contributed by atoms with van der Waals surface area (Å²) in [6, 6.07) is 6.78. The van der Waals surface area contributed by atoms with E-state index < -0.39 is 28.5 Å². The molecule has 0 spiro atoms. The molecule has 1 saturated carbocycles. The van der Waals surface area contributed by atoms with Crippen LogP contribution in [0.5, 0.6) is 0 Å². The smallest absolute Gasteiger partial charge is 0.186 e. The third-order valence-corrected chi connectivity index (χ3v) is 11.0. The van der Waals surface area contributed by atoms with Gasteiger partial charge in [0.25, 0.3) is 0 Å².